The minimum atomic E-state index is -0.497. The van der Waals surface area contributed by atoms with Gasteiger partial charge in [-0.3, -0.25) is 9.59 Å². The molecule has 0 bridgehead atoms. The molecule has 1 amide bonds. The van der Waals surface area contributed by atoms with E-state index in [2.05, 4.69) is 5.32 Å². The largest absolute Gasteiger partial charge is 0.497 e. The number of hydrogen-bond donors (Lipinski definition) is 1. The van der Waals surface area contributed by atoms with Crippen molar-refractivity contribution in [3.63, 3.8) is 0 Å². The summed E-state index contributed by atoms with van der Waals surface area (Å²) in [5, 5.41) is 11.6. The van der Waals surface area contributed by atoms with Gasteiger partial charge in [-0.2, -0.15) is 5.26 Å². The molecule has 8 heteroatoms. The number of nitrogens with one attached hydrogen (secondary N) is 1. The number of carbonyl (C=O) groups excluding carboxylic acids is 2. The number of rotatable bonds is 9. The Morgan fingerprint density at radius 2 is 1.86 bits per heavy atom. The number of anilines is 1. The summed E-state index contributed by atoms with van der Waals surface area (Å²) in [7, 11) is 1.58. The van der Waals surface area contributed by atoms with Gasteiger partial charge < -0.3 is 19.5 Å². The van der Waals surface area contributed by atoms with Gasteiger partial charge in [0.05, 0.1) is 24.3 Å². The number of ether oxygens (including phenoxy) is 3. The quantitative estimate of drug-likeness (QED) is 0.508. The standard InChI is InChI=1S/C20H19ClN2O5/c1-26-16-6-8-17(9-7-16)27-10-2-3-20(25)28-13-19(24)23-15-5-4-14(12-22)18(21)11-15/h4-9,11H,2-3,10,13H2,1H3,(H,23,24). The van der Waals surface area contributed by atoms with Crippen molar-refractivity contribution >= 4 is 29.2 Å². The Balaban J connectivity index is 1.64. The van der Waals surface area contributed by atoms with Gasteiger partial charge in [-0.15, -0.1) is 0 Å². The van der Waals surface area contributed by atoms with Crippen molar-refractivity contribution in [1.82, 2.24) is 0 Å². The summed E-state index contributed by atoms with van der Waals surface area (Å²) in [6, 6.07) is 13.5. The molecule has 0 saturated heterocycles. The van der Waals surface area contributed by atoms with Crippen LogP contribution in [0.15, 0.2) is 42.5 Å². The van der Waals surface area contributed by atoms with Gasteiger partial charge in [0.25, 0.3) is 5.91 Å². The molecule has 146 valence electrons. The number of nitrogens with zero attached hydrogens (tertiary/aromatic N) is 1. The van der Waals surface area contributed by atoms with Crippen LogP contribution in [0.1, 0.15) is 18.4 Å². The minimum Gasteiger partial charge on any atom is -0.497 e. The first-order valence-corrected chi connectivity index (χ1v) is 8.81. The van der Waals surface area contributed by atoms with Crippen LogP contribution in [-0.2, 0) is 14.3 Å². The van der Waals surface area contributed by atoms with Crippen molar-refractivity contribution in [2.45, 2.75) is 12.8 Å². The van der Waals surface area contributed by atoms with Gasteiger partial charge >= 0.3 is 5.97 Å². The third kappa shape index (κ3) is 6.82. The SMILES string of the molecule is COc1ccc(OCCCC(=O)OCC(=O)Nc2ccc(C#N)c(Cl)c2)cc1. The number of amides is 1. The lowest BCUT2D eigenvalue weighted by molar-refractivity contribution is -0.147. The van der Waals surface area contributed by atoms with Crippen LogP contribution in [0.2, 0.25) is 5.02 Å². The molecule has 0 heterocycles. The Hall–Kier alpha value is -3.24. The molecule has 0 radical (unpaired) electrons. The van der Waals surface area contributed by atoms with E-state index >= 15 is 0 Å². The Kier molecular flexibility index (Phi) is 8.12. The van der Waals surface area contributed by atoms with Crippen LogP contribution in [0.3, 0.4) is 0 Å². The number of nitriles is 1. The van der Waals surface area contributed by atoms with Crippen molar-refractivity contribution in [3.05, 3.63) is 53.1 Å². The number of hydrogen-bond acceptors (Lipinski definition) is 6. The van der Waals surface area contributed by atoms with E-state index in [1.807, 2.05) is 6.07 Å². The summed E-state index contributed by atoms with van der Waals surface area (Å²) in [6.07, 6.45) is 0.587. The molecule has 0 saturated carbocycles. The van der Waals surface area contributed by atoms with E-state index in [1.165, 1.54) is 12.1 Å². The van der Waals surface area contributed by atoms with Gasteiger partial charge in [0, 0.05) is 12.1 Å². The first-order chi connectivity index (χ1) is 13.5. The average molecular weight is 403 g/mol. The number of methoxy groups -OCH3 is 1. The molecule has 0 aromatic heterocycles. The van der Waals surface area contributed by atoms with E-state index < -0.39 is 18.5 Å². The average Bonchev–Trinajstić information content (AvgIpc) is 2.70. The number of esters is 1. The van der Waals surface area contributed by atoms with E-state index in [0.29, 0.717) is 30.0 Å². The number of carbonyl (C=O) groups is 2. The lowest BCUT2D eigenvalue weighted by Crippen LogP contribution is -2.21. The molecule has 0 unspecified atom stereocenters. The normalized spacial score (nSPS) is 9.89. The maximum absolute atomic E-state index is 11.8. The van der Waals surface area contributed by atoms with Crippen LogP contribution >= 0.6 is 11.6 Å². The van der Waals surface area contributed by atoms with E-state index in [4.69, 9.17) is 31.1 Å². The van der Waals surface area contributed by atoms with Gasteiger partial charge in [0.15, 0.2) is 6.61 Å². The molecule has 2 rings (SSSR count). The minimum absolute atomic E-state index is 0.131. The lowest BCUT2D eigenvalue weighted by Gasteiger charge is -2.08. The molecule has 7 nitrogen and oxygen atoms in total. The summed E-state index contributed by atoms with van der Waals surface area (Å²) in [6.45, 7) is -0.0623. The zero-order valence-corrected chi connectivity index (χ0v) is 16.0. The van der Waals surface area contributed by atoms with Gasteiger partial charge in [0.1, 0.15) is 17.6 Å². The summed E-state index contributed by atoms with van der Waals surface area (Å²) in [4.78, 5) is 23.5. The van der Waals surface area contributed by atoms with E-state index in [1.54, 1.807) is 37.4 Å². The number of benzene rings is 2. The highest BCUT2D eigenvalue weighted by Crippen LogP contribution is 2.20. The first-order valence-electron chi connectivity index (χ1n) is 8.44. The Labute approximate surface area is 167 Å². The number of halogens is 1. The van der Waals surface area contributed by atoms with Gasteiger partial charge in [-0.05, 0) is 48.9 Å². The zero-order chi connectivity index (χ0) is 20.4. The second kappa shape index (κ2) is 10.8. The van der Waals surface area contributed by atoms with Crippen LogP contribution in [0, 0.1) is 11.3 Å². The van der Waals surface area contributed by atoms with E-state index in [9.17, 15) is 9.59 Å². The molecule has 0 fully saturated rings. The smallest absolute Gasteiger partial charge is 0.306 e. The molecule has 0 aliphatic rings. The van der Waals surface area contributed by atoms with Crippen LogP contribution < -0.4 is 14.8 Å². The Bertz CT molecular complexity index is 862. The molecule has 2 aromatic rings. The van der Waals surface area contributed by atoms with Gasteiger partial charge in [-0.25, -0.2) is 0 Å². The van der Waals surface area contributed by atoms with Gasteiger partial charge in [-0.1, -0.05) is 11.6 Å². The maximum atomic E-state index is 11.8. The summed E-state index contributed by atoms with van der Waals surface area (Å²) in [5.41, 5.74) is 0.723. The zero-order valence-electron chi connectivity index (χ0n) is 15.2. The molecule has 2 aromatic carbocycles. The Morgan fingerprint density at radius 1 is 1.14 bits per heavy atom. The highest BCUT2D eigenvalue weighted by molar-refractivity contribution is 6.32. The molecular formula is C20H19ClN2O5. The molecule has 0 atom stereocenters. The van der Waals surface area contributed by atoms with Gasteiger partial charge in [0.2, 0.25) is 0 Å². The highest BCUT2D eigenvalue weighted by Gasteiger charge is 2.09. The molecular weight excluding hydrogens is 384 g/mol. The van der Waals surface area contributed by atoms with Crippen LogP contribution in [0.5, 0.6) is 11.5 Å². The fourth-order valence-corrected chi connectivity index (χ4v) is 2.40. The second-order valence-corrected chi connectivity index (χ2v) is 6.05. The predicted octanol–water partition coefficient (Wildman–Crippen LogP) is 3.56. The molecule has 0 aliphatic heterocycles. The maximum Gasteiger partial charge on any atom is 0.306 e. The monoisotopic (exact) mass is 402 g/mol. The fourth-order valence-electron chi connectivity index (χ4n) is 2.18. The molecule has 1 N–H and O–H groups in total. The van der Waals surface area contributed by atoms with Crippen LogP contribution in [-0.4, -0.2) is 32.2 Å². The van der Waals surface area contributed by atoms with E-state index in [0.717, 1.165) is 5.75 Å². The van der Waals surface area contributed by atoms with Crippen molar-refractivity contribution in [3.8, 4) is 17.6 Å². The second-order valence-electron chi connectivity index (χ2n) is 5.64. The predicted molar refractivity (Wildman–Crippen MR) is 103 cm³/mol. The van der Waals surface area contributed by atoms with Crippen molar-refractivity contribution in [2.75, 3.05) is 25.6 Å². The van der Waals surface area contributed by atoms with E-state index in [-0.39, 0.29) is 11.4 Å². The summed E-state index contributed by atoms with van der Waals surface area (Å²) < 4.78 is 15.5. The lowest BCUT2D eigenvalue weighted by atomic mass is 10.2. The van der Waals surface area contributed by atoms with Crippen LogP contribution in [0.25, 0.3) is 0 Å². The third-order valence-electron chi connectivity index (χ3n) is 3.59. The van der Waals surface area contributed by atoms with Crippen molar-refractivity contribution in [2.24, 2.45) is 0 Å². The summed E-state index contributed by atoms with van der Waals surface area (Å²) in [5.74, 6) is 0.419. The summed E-state index contributed by atoms with van der Waals surface area (Å²) >= 11 is 5.89. The Morgan fingerprint density at radius 3 is 2.50 bits per heavy atom. The topological polar surface area (TPSA) is 97.7 Å². The highest BCUT2D eigenvalue weighted by atomic mass is 35.5. The van der Waals surface area contributed by atoms with Crippen molar-refractivity contribution < 1.29 is 23.8 Å². The fraction of sp³-hybridized carbons (Fsp3) is 0.250. The molecule has 0 spiro atoms. The molecule has 0 aliphatic carbocycles. The molecule has 28 heavy (non-hydrogen) atoms. The van der Waals surface area contributed by atoms with Crippen LogP contribution in [0.4, 0.5) is 5.69 Å². The first kappa shape index (κ1) is 21.1. The third-order valence-corrected chi connectivity index (χ3v) is 3.90. The van der Waals surface area contributed by atoms with Crippen molar-refractivity contribution in [1.29, 1.82) is 5.26 Å².